The first-order chi connectivity index (χ1) is 22.5. The maximum Gasteiger partial charge on any atom is 0.307 e. The van der Waals surface area contributed by atoms with Gasteiger partial charge in [0.1, 0.15) is 12.4 Å². The third kappa shape index (κ3) is 5.95. The molecule has 5 aliphatic rings. The first-order valence-electron chi connectivity index (χ1n) is 18.9. The van der Waals surface area contributed by atoms with Gasteiger partial charge in [0, 0.05) is 40.8 Å². The Kier molecular flexibility index (Phi) is 9.45. The molecule has 5 nitrogen and oxygen atoms in total. The van der Waals surface area contributed by atoms with Crippen LogP contribution in [0.4, 0.5) is 0 Å². The van der Waals surface area contributed by atoms with E-state index in [2.05, 4.69) is 52.9 Å². The molecule has 4 saturated carbocycles. The molecule has 264 valence electrons. The van der Waals surface area contributed by atoms with E-state index in [0.717, 1.165) is 55.7 Å². The van der Waals surface area contributed by atoms with Crippen LogP contribution in [0.5, 0.6) is 0 Å². The van der Waals surface area contributed by atoms with Gasteiger partial charge in [0.2, 0.25) is 0 Å². The summed E-state index contributed by atoms with van der Waals surface area (Å²) in [6, 6.07) is 8.08. The summed E-state index contributed by atoms with van der Waals surface area (Å²) in [6.07, 6.45) is 10.5. The van der Waals surface area contributed by atoms with Gasteiger partial charge in [-0.15, -0.1) is 0 Å². The molecule has 0 amide bonds. The lowest BCUT2D eigenvalue weighted by molar-refractivity contribution is -0.213. The van der Waals surface area contributed by atoms with E-state index in [1.807, 2.05) is 18.2 Å². The molecule has 1 N–H and O–H groups in total. The number of fused-ring (bicyclic) bond motifs is 7. The summed E-state index contributed by atoms with van der Waals surface area (Å²) in [5.41, 5.74) is 3.35. The Bertz CT molecular complexity index is 1480. The Morgan fingerprint density at radius 3 is 2.44 bits per heavy atom. The summed E-state index contributed by atoms with van der Waals surface area (Å²) < 4.78 is 6.21. The Hall–Kier alpha value is -1.98. The number of allylic oxidation sites excluding steroid dienone is 1. The number of rotatable bonds is 9. The lowest BCUT2D eigenvalue weighted by Gasteiger charge is -2.68. The summed E-state index contributed by atoms with van der Waals surface area (Å²) in [7, 11) is 0. The molecular weight excluding hydrogens is 618 g/mol. The summed E-state index contributed by atoms with van der Waals surface area (Å²) in [4.78, 5) is 38.4. The van der Waals surface area contributed by atoms with Crippen LogP contribution in [0, 0.1) is 56.7 Å². The molecule has 8 atom stereocenters. The van der Waals surface area contributed by atoms with Crippen molar-refractivity contribution in [3.63, 3.8) is 0 Å². The topological polar surface area (TPSA) is 72.5 Å². The van der Waals surface area contributed by atoms with Crippen LogP contribution in [-0.2, 0) is 25.7 Å². The van der Waals surface area contributed by atoms with E-state index in [1.54, 1.807) is 13.8 Å². The average Bonchev–Trinajstić information content (AvgIpc) is 3.30. The highest BCUT2D eigenvalue weighted by Crippen LogP contribution is 2.73. The molecule has 0 aliphatic heterocycles. The summed E-state index contributed by atoms with van der Waals surface area (Å²) in [5, 5.41) is 4.55. The third-order valence-corrected chi connectivity index (χ3v) is 14.8. The SMILES string of the molecule is CC(C)C1=C2C3CCC4C5(C)CC[C@H](OC(=O)CC(C)(C)C=O)C(C)(C)C5CC[C@@]4(C)C3CC[C@@]2(CNCc2cccc(Cl)c2)CC1=O. The van der Waals surface area contributed by atoms with Gasteiger partial charge in [-0.05, 0) is 115 Å². The number of ether oxygens (including phenoxy) is 1. The van der Waals surface area contributed by atoms with Gasteiger partial charge in [-0.25, -0.2) is 0 Å². The van der Waals surface area contributed by atoms with Gasteiger partial charge in [0.15, 0.2) is 5.78 Å². The summed E-state index contributed by atoms with van der Waals surface area (Å²) in [5.74, 6) is 2.54. The van der Waals surface area contributed by atoms with Crippen molar-refractivity contribution in [2.24, 2.45) is 56.7 Å². The first kappa shape index (κ1) is 35.8. The van der Waals surface area contributed by atoms with Crippen LogP contribution in [-0.4, -0.2) is 30.7 Å². The first-order valence-corrected chi connectivity index (χ1v) is 19.2. The van der Waals surface area contributed by atoms with Gasteiger partial charge in [0.25, 0.3) is 0 Å². The number of esters is 1. The van der Waals surface area contributed by atoms with E-state index in [9.17, 15) is 14.4 Å². The van der Waals surface area contributed by atoms with Crippen molar-refractivity contribution in [3.05, 3.63) is 46.0 Å². The lowest BCUT2D eigenvalue weighted by Crippen LogP contribution is -2.63. The Morgan fingerprint density at radius 1 is 1.02 bits per heavy atom. The van der Waals surface area contributed by atoms with Crippen molar-refractivity contribution >= 4 is 29.6 Å². The molecule has 1 aromatic carbocycles. The number of hydrogen-bond donors (Lipinski definition) is 1. The van der Waals surface area contributed by atoms with E-state index in [4.69, 9.17) is 16.3 Å². The van der Waals surface area contributed by atoms with Gasteiger partial charge in [-0.1, -0.05) is 84.7 Å². The second-order valence-corrected chi connectivity index (χ2v) is 19.1. The van der Waals surface area contributed by atoms with Crippen molar-refractivity contribution < 1.29 is 19.1 Å². The number of carbonyl (C=O) groups excluding carboxylic acids is 3. The van der Waals surface area contributed by atoms with Crippen LogP contribution in [0.3, 0.4) is 0 Å². The zero-order valence-electron chi connectivity index (χ0n) is 30.8. The van der Waals surface area contributed by atoms with Crippen molar-refractivity contribution in [3.8, 4) is 0 Å². The number of hydrogen-bond acceptors (Lipinski definition) is 5. The molecule has 6 rings (SSSR count). The van der Waals surface area contributed by atoms with Gasteiger partial charge < -0.3 is 14.8 Å². The van der Waals surface area contributed by atoms with E-state index in [1.165, 1.54) is 36.8 Å². The van der Waals surface area contributed by atoms with Crippen LogP contribution in [0.15, 0.2) is 35.4 Å². The second-order valence-electron chi connectivity index (χ2n) is 18.7. The van der Waals surface area contributed by atoms with Crippen molar-refractivity contribution in [1.82, 2.24) is 5.32 Å². The molecule has 5 unspecified atom stereocenters. The van der Waals surface area contributed by atoms with Gasteiger partial charge >= 0.3 is 5.97 Å². The lowest BCUT2D eigenvalue weighted by atomic mass is 9.36. The predicted octanol–water partition coefficient (Wildman–Crippen LogP) is 9.55. The number of ketones is 1. The molecule has 0 bridgehead atoms. The molecular formula is C42H60ClNO4. The maximum atomic E-state index is 13.9. The minimum Gasteiger partial charge on any atom is -0.462 e. The molecule has 0 radical (unpaired) electrons. The Balaban J connectivity index is 1.24. The van der Waals surface area contributed by atoms with E-state index < -0.39 is 5.41 Å². The molecule has 48 heavy (non-hydrogen) atoms. The highest BCUT2D eigenvalue weighted by atomic mass is 35.5. The molecule has 0 spiro atoms. The van der Waals surface area contributed by atoms with Crippen LogP contribution in [0.25, 0.3) is 0 Å². The summed E-state index contributed by atoms with van der Waals surface area (Å²) >= 11 is 6.29. The van der Waals surface area contributed by atoms with E-state index >= 15 is 0 Å². The number of aldehydes is 1. The monoisotopic (exact) mass is 677 g/mol. The fourth-order valence-electron chi connectivity index (χ4n) is 12.5. The van der Waals surface area contributed by atoms with Crippen LogP contribution >= 0.6 is 11.6 Å². The van der Waals surface area contributed by atoms with E-state index in [-0.39, 0.29) is 46.1 Å². The van der Waals surface area contributed by atoms with E-state index in [0.29, 0.717) is 35.9 Å². The average molecular weight is 678 g/mol. The number of carbonyl (C=O) groups is 3. The van der Waals surface area contributed by atoms with Crippen molar-refractivity contribution in [2.45, 2.75) is 132 Å². The smallest absolute Gasteiger partial charge is 0.307 e. The quantitative estimate of drug-likeness (QED) is 0.208. The molecule has 1 aromatic rings. The normalized spacial score (nSPS) is 37.4. The zero-order valence-corrected chi connectivity index (χ0v) is 31.6. The Labute approximate surface area is 294 Å². The minimum atomic E-state index is -0.700. The zero-order chi connectivity index (χ0) is 34.9. The number of benzene rings is 1. The highest BCUT2D eigenvalue weighted by Gasteiger charge is 2.66. The van der Waals surface area contributed by atoms with Crippen LogP contribution < -0.4 is 5.32 Å². The number of nitrogens with one attached hydrogen (secondary N) is 1. The van der Waals surface area contributed by atoms with Gasteiger partial charge in [0.05, 0.1) is 6.42 Å². The second kappa shape index (κ2) is 12.7. The number of Topliss-reactive ketones (excluding diaryl/α,β-unsaturated/α-hetero) is 1. The standard InChI is InChI=1S/C42H60ClNO4/c1-26(2)36-31(46)21-42(24-44-23-27-10-9-11-28(43)20-27)19-14-30-29(37(36)42)12-13-33-40(30,7)17-15-32-39(5,6)34(16-18-41(32,33)8)48-35(47)22-38(3,4)25-45/h9-11,20,25-26,29-30,32-34,44H,12-19,21-24H2,1-8H3/t29?,30?,32?,33?,34-,40-,41?,42-/m0/s1. The molecule has 4 fully saturated rings. The van der Waals surface area contributed by atoms with Crippen molar-refractivity contribution in [2.75, 3.05) is 6.54 Å². The third-order valence-electron chi connectivity index (χ3n) is 14.5. The Morgan fingerprint density at radius 2 is 1.75 bits per heavy atom. The predicted molar refractivity (Wildman–Crippen MR) is 192 cm³/mol. The van der Waals surface area contributed by atoms with Gasteiger partial charge in [-0.3, -0.25) is 9.59 Å². The summed E-state index contributed by atoms with van der Waals surface area (Å²) in [6.45, 7) is 19.5. The van der Waals surface area contributed by atoms with Crippen LogP contribution in [0.1, 0.15) is 125 Å². The molecule has 0 saturated heterocycles. The molecule has 6 heteroatoms. The van der Waals surface area contributed by atoms with Crippen molar-refractivity contribution in [1.29, 1.82) is 0 Å². The number of halogens is 1. The molecule has 0 heterocycles. The molecule has 5 aliphatic carbocycles. The van der Waals surface area contributed by atoms with Gasteiger partial charge in [-0.2, -0.15) is 0 Å². The fraction of sp³-hybridized carbons (Fsp3) is 0.738. The maximum absolute atomic E-state index is 13.9. The van der Waals surface area contributed by atoms with Crippen LogP contribution in [0.2, 0.25) is 5.02 Å². The fourth-order valence-corrected chi connectivity index (χ4v) is 12.7. The minimum absolute atomic E-state index is 0.0803. The largest absolute Gasteiger partial charge is 0.462 e. The molecule has 0 aromatic heterocycles. The highest BCUT2D eigenvalue weighted by molar-refractivity contribution is 6.30.